The number of methoxy groups -OCH3 is 1. The van der Waals surface area contributed by atoms with Crippen molar-refractivity contribution in [2.75, 3.05) is 7.11 Å². The highest BCUT2D eigenvalue weighted by Crippen LogP contribution is 2.32. The molecule has 2 rings (SSSR count). The van der Waals surface area contributed by atoms with E-state index in [4.69, 9.17) is 14.7 Å². The van der Waals surface area contributed by atoms with E-state index >= 15 is 0 Å². The minimum Gasteiger partial charge on any atom is -0.493 e. The van der Waals surface area contributed by atoms with Crippen LogP contribution < -0.4 is 20.1 Å². The zero-order valence-electron chi connectivity index (χ0n) is 13.6. The highest BCUT2D eigenvalue weighted by Gasteiger charge is 2.21. The summed E-state index contributed by atoms with van der Waals surface area (Å²) in [6, 6.07) is 10.1. The van der Waals surface area contributed by atoms with Crippen LogP contribution in [-0.2, 0) is 10.1 Å². The molecule has 132 valence electrons. The average molecular weight is 363 g/mol. The Morgan fingerprint density at radius 1 is 1.20 bits per heavy atom. The smallest absolute Gasteiger partial charge is 0.339 e. The first-order valence-corrected chi connectivity index (χ1v) is 8.51. The highest BCUT2D eigenvalue weighted by atomic mass is 32.2. The maximum Gasteiger partial charge on any atom is 0.339 e. The standard InChI is InChI=1S/C16H17N3O5S/c1-11-6-8-13(9-7-11)25(21,22)24-15-12(10-18-19-16(17)20)4-3-5-14(15)23-2/h3-10H,1-2H3,(H3,17,19,20)/b18-10-. The van der Waals surface area contributed by atoms with Gasteiger partial charge in [0.15, 0.2) is 11.5 Å². The van der Waals surface area contributed by atoms with Gasteiger partial charge < -0.3 is 14.7 Å². The highest BCUT2D eigenvalue weighted by molar-refractivity contribution is 7.87. The van der Waals surface area contributed by atoms with Crippen molar-refractivity contribution in [3.8, 4) is 11.5 Å². The maximum atomic E-state index is 12.5. The molecular formula is C16H17N3O5S. The van der Waals surface area contributed by atoms with Gasteiger partial charge in [-0.15, -0.1) is 0 Å². The van der Waals surface area contributed by atoms with Gasteiger partial charge in [-0.1, -0.05) is 23.8 Å². The Morgan fingerprint density at radius 3 is 2.48 bits per heavy atom. The van der Waals surface area contributed by atoms with E-state index in [1.165, 1.54) is 25.5 Å². The molecule has 0 unspecified atom stereocenters. The number of urea groups is 1. The minimum absolute atomic E-state index is 0.00200. The fourth-order valence-corrected chi connectivity index (χ4v) is 2.88. The Bertz CT molecular complexity index is 892. The van der Waals surface area contributed by atoms with Gasteiger partial charge in [-0.05, 0) is 31.2 Å². The molecule has 2 aromatic rings. The van der Waals surface area contributed by atoms with Crippen molar-refractivity contribution < 1.29 is 22.1 Å². The first-order chi connectivity index (χ1) is 11.8. The maximum absolute atomic E-state index is 12.5. The van der Waals surface area contributed by atoms with Crippen molar-refractivity contribution in [1.82, 2.24) is 5.43 Å². The number of primary amides is 1. The topological polar surface area (TPSA) is 120 Å². The monoisotopic (exact) mass is 363 g/mol. The molecule has 9 heteroatoms. The van der Waals surface area contributed by atoms with Crippen LogP contribution in [0.2, 0.25) is 0 Å². The van der Waals surface area contributed by atoms with Crippen LogP contribution in [0.25, 0.3) is 0 Å². The molecule has 0 atom stereocenters. The van der Waals surface area contributed by atoms with Crippen LogP contribution in [0.5, 0.6) is 11.5 Å². The fraction of sp³-hybridized carbons (Fsp3) is 0.125. The van der Waals surface area contributed by atoms with Gasteiger partial charge in [-0.25, -0.2) is 10.2 Å². The van der Waals surface area contributed by atoms with Crippen LogP contribution >= 0.6 is 0 Å². The Balaban J connectivity index is 2.41. The lowest BCUT2D eigenvalue weighted by Gasteiger charge is -2.13. The molecule has 0 bridgehead atoms. The normalized spacial score (nSPS) is 11.3. The number of hydrogen-bond donors (Lipinski definition) is 2. The number of benzene rings is 2. The second kappa shape index (κ2) is 7.67. The third-order valence-corrected chi connectivity index (χ3v) is 4.35. The number of nitrogens with one attached hydrogen (secondary N) is 1. The average Bonchev–Trinajstić information content (AvgIpc) is 2.56. The summed E-state index contributed by atoms with van der Waals surface area (Å²) < 4.78 is 35.4. The lowest BCUT2D eigenvalue weighted by Crippen LogP contribution is -2.24. The van der Waals surface area contributed by atoms with Gasteiger partial charge in [-0.3, -0.25) is 0 Å². The summed E-state index contributed by atoms with van der Waals surface area (Å²) in [4.78, 5) is 10.7. The van der Waals surface area contributed by atoms with Gasteiger partial charge in [0.05, 0.1) is 13.3 Å². The Labute approximate surface area is 145 Å². The number of nitrogens with zero attached hydrogens (tertiary/aromatic N) is 1. The summed E-state index contributed by atoms with van der Waals surface area (Å²) >= 11 is 0. The van der Waals surface area contributed by atoms with E-state index in [2.05, 4.69) is 5.10 Å². The molecule has 0 saturated heterocycles. The third-order valence-electron chi connectivity index (χ3n) is 3.11. The van der Waals surface area contributed by atoms with E-state index in [0.717, 1.165) is 5.56 Å². The van der Waals surface area contributed by atoms with Crippen LogP contribution in [-0.4, -0.2) is 27.8 Å². The zero-order chi connectivity index (χ0) is 18.4. The molecule has 25 heavy (non-hydrogen) atoms. The predicted molar refractivity (Wildman–Crippen MR) is 92.3 cm³/mol. The number of ether oxygens (including phenoxy) is 1. The largest absolute Gasteiger partial charge is 0.493 e. The van der Waals surface area contributed by atoms with Crippen LogP contribution in [0.1, 0.15) is 11.1 Å². The summed E-state index contributed by atoms with van der Waals surface area (Å²) in [5, 5.41) is 3.61. The van der Waals surface area contributed by atoms with Crippen LogP contribution in [0, 0.1) is 6.92 Å². The number of hydrogen-bond acceptors (Lipinski definition) is 6. The van der Waals surface area contributed by atoms with E-state index < -0.39 is 16.1 Å². The molecule has 2 amide bonds. The molecule has 2 aromatic carbocycles. The Morgan fingerprint density at radius 2 is 1.88 bits per heavy atom. The van der Waals surface area contributed by atoms with Crippen LogP contribution in [0.3, 0.4) is 0 Å². The first kappa shape index (κ1) is 18.3. The SMILES string of the molecule is COc1cccc(/C=N\NC(N)=O)c1OS(=O)(=O)c1ccc(C)cc1. The molecule has 0 heterocycles. The first-order valence-electron chi connectivity index (χ1n) is 7.10. The van der Waals surface area contributed by atoms with Gasteiger partial charge in [0.1, 0.15) is 4.90 Å². The number of amides is 2. The molecule has 0 aliphatic heterocycles. The Hall–Kier alpha value is -3.07. The number of carbonyl (C=O) groups excluding carboxylic acids is 1. The van der Waals surface area contributed by atoms with Gasteiger partial charge >= 0.3 is 16.1 Å². The molecule has 0 spiro atoms. The van der Waals surface area contributed by atoms with Gasteiger partial charge in [0.2, 0.25) is 0 Å². The van der Waals surface area contributed by atoms with Crippen LogP contribution in [0.4, 0.5) is 4.79 Å². The molecule has 0 saturated carbocycles. The van der Waals surface area contributed by atoms with Crippen molar-refractivity contribution >= 4 is 22.4 Å². The summed E-state index contributed by atoms with van der Waals surface area (Å²) in [5.41, 5.74) is 8.15. The van der Waals surface area contributed by atoms with E-state index in [0.29, 0.717) is 0 Å². The summed E-state index contributed by atoms with van der Waals surface area (Å²) in [6.45, 7) is 1.85. The van der Waals surface area contributed by atoms with Crippen molar-refractivity contribution in [1.29, 1.82) is 0 Å². The van der Waals surface area contributed by atoms with E-state index in [-0.39, 0.29) is 22.0 Å². The molecular weight excluding hydrogens is 346 g/mol. The van der Waals surface area contributed by atoms with Gasteiger partial charge in [0, 0.05) is 5.56 Å². The molecule has 0 aromatic heterocycles. The molecule has 0 aliphatic carbocycles. The number of nitrogens with two attached hydrogens (primary N) is 1. The number of rotatable bonds is 6. The second-order valence-corrected chi connectivity index (χ2v) is 6.51. The van der Waals surface area contributed by atoms with Gasteiger partial charge in [0.25, 0.3) is 0 Å². The fourth-order valence-electron chi connectivity index (χ4n) is 1.91. The summed E-state index contributed by atoms with van der Waals surface area (Å²) in [5.74, 6) is 0.138. The number of aryl methyl sites for hydroxylation is 1. The van der Waals surface area contributed by atoms with E-state index in [1.54, 1.807) is 30.3 Å². The zero-order valence-corrected chi connectivity index (χ0v) is 14.4. The number of para-hydroxylation sites is 1. The van der Waals surface area contributed by atoms with Crippen molar-refractivity contribution in [2.45, 2.75) is 11.8 Å². The summed E-state index contributed by atoms with van der Waals surface area (Å²) in [6.07, 6.45) is 1.20. The Kier molecular flexibility index (Phi) is 5.60. The lowest BCUT2D eigenvalue weighted by molar-refractivity contribution is 0.249. The van der Waals surface area contributed by atoms with Crippen molar-refractivity contribution in [2.24, 2.45) is 10.8 Å². The minimum atomic E-state index is -4.08. The molecule has 0 aliphatic rings. The molecule has 3 N–H and O–H groups in total. The van der Waals surface area contributed by atoms with Crippen molar-refractivity contribution in [3.63, 3.8) is 0 Å². The third kappa shape index (κ3) is 4.70. The number of hydrazone groups is 1. The second-order valence-electron chi connectivity index (χ2n) is 4.96. The molecule has 0 radical (unpaired) electrons. The number of carbonyl (C=O) groups is 1. The quantitative estimate of drug-likeness (QED) is 0.460. The van der Waals surface area contributed by atoms with Gasteiger partial charge in [-0.2, -0.15) is 13.5 Å². The van der Waals surface area contributed by atoms with Crippen molar-refractivity contribution in [3.05, 3.63) is 53.6 Å². The summed E-state index contributed by atoms with van der Waals surface area (Å²) in [7, 11) is -2.70. The lowest BCUT2D eigenvalue weighted by atomic mass is 10.2. The van der Waals surface area contributed by atoms with Crippen LogP contribution in [0.15, 0.2) is 52.5 Å². The molecule has 8 nitrogen and oxygen atoms in total. The van der Waals surface area contributed by atoms with E-state index in [1.807, 2.05) is 12.3 Å². The van der Waals surface area contributed by atoms with E-state index in [9.17, 15) is 13.2 Å². The molecule has 0 fully saturated rings. The predicted octanol–water partition coefficient (Wildman–Crippen LogP) is 1.77.